The van der Waals surface area contributed by atoms with Gasteiger partial charge in [-0.05, 0) is 26.0 Å². The van der Waals surface area contributed by atoms with Crippen molar-refractivity contribution in [2.45, 2.75) is 30.8 Å². The van der Waals surface area contributed by atoms with E-state index in [2.05, 4.69) is 10.0 Å². The number of non-ortho nitro benzene ring substituents is 1. The van der Waals surface area contributed by atoms with Gasteiger partial charge in [0.2, 0.25) is 10.0 Å². The van der Waals surface area contributed by atoms with Gasteiger partial charge >= 0.3 is 6.09 Å². The van der Waals surface area contributed by atoms with Gasteiger partial charge in [-0.25, -0.2) is 17.9 Å². The van der Waals surface area contributed by atoms with Crippen LogP contribution in [0.25, 0.3) is 0 Å². The molecule has 0 bridgehead atoms. The van der Waals surface area contributed by atoms with Crippen molar-refractivity contribution in [1.29, 1.82) is 0 Å². The third-order valence-corrected chi connectivity index (χ3v) is 4.37. The molecule has 0 radical (unpaired) electrons. The Balaban J connectivity index is 2.86. The molecule has 10 heteroatoms. The second-order valence-electron chi connectivity index (χ2n) is 4.40. The summed E-state index contributed by atoms with van der Waals surface area (Å²) in [7, 11) is -3.89. The normalized spacial score (nSPS) is 14.2. The Labute approximate surface area is 121 Å². The van der Waals surface area contributed by atoms with Crippen LogP contribution < -0.4 is 10.0 Å². The fraction of sp³-hybridized carbons (Fsp3) is 0.364. The van der Waals surface area contributed by atoms with E-state index in [9.17, 15) is 23.3 Å². The Morgan fingerprint density at radius 1 is 1.24 bits per heavy atom. The van der Waals surface area contributed by atoms with E-state index in [-0.39, 0.29) is 10.6 Å². The van der Waals surface area contributed by atoms with Crippen molar-refractivity contribution in [2.24, 2.45) is 0 Å². The Bertz CT molecular complexity index is 628. The quantitative estimate of drug-likeness (QED) is 0.526. The molecular formula is C11H15N3O6S. The van der Waals surface area contributed by atoms with Crippen molar-refractivity contribution >= 4 is 21.8 Å². The van der Waals surface area contributed by atoms with Crippen molar-refractivity contribution in [2.75, 3.05) is 0 Å². The average molecular weight is 317 g/mol. The third kappa shape index (κ3) is 4.68. The van der Waals surface area contributed by atoms with Gasteiger partial charge in [-0.2, -0.15) is 0 Å². The first-order valence-electron chi connectivity index (χ1n) is 5.89. The largest absolute Gasteiger partial charge is 0.465 e. The van der Waals surface area contributed by atoms with Gasteiger partial charge in [0.15, 0.2) is 0 Å². The van der Waals surface area contributed by atoms with Crippen LogP contribution in [-0.2, 0) is 10.0 Å². The monoisotopic (exact) mass is 317 g/mol. The lowest BCUT2D eigenvalue weighted by atomic mass is 10.2. The molecule has 9 nitrogen and oxygen atoms in total. The predicted octanol–water partition coefficient (Wildman–Crippen LogP) is 0.918. The van der Waals surface area contributed by atoms with Gasteiger partial charge in [-0.15, -0.1) is 0 Å². The standard InChI is InChI=1S/C11H15N3O6S/c1-7(12-11(15)16)8(2)13-21(19,20)10-5-3-9(4-6-10)14(17)18/h3-8,12-13H,1-2H3,(H,15,16). The summed E-state index contributed by atoms with van der Waals surface area (Å²) in [6.07, 6.45) is -1.26. The molecule has 21 heavy (non-hydrogen) atoms. The van der Waals surface area contributed by atoms with E-state index >= 15 is 0 Å². The highest BCUT2D eigenvalue weighted by Crippen LogP contribution is 2.16. The lowest BCUT2D eigenvalue weighted by Crippen LogP contribution is -2.48. The summed E-state index contributed by atoms with van der Waals surface area (Å²) in [4.78, 5) is 20.2. The van der Waals surface area contributed by atoms with E-state index in [1.165, 1.54) is 13.8 Å². The van der Waals surface area contributed by atoms with E-state index in [0.717, 1.165) is 24.3 Å². The number of nitrogens with zero attached hydrogens (tertiary/aromatic N) is 1. The molecule has 0 aliphatic heterocycles. The van der Waals surface area contributed by atoms with Crippen LogP contribution in [0.4, 0.5) is 10.5 Å². The summed E-state index contributed by atoms with van der Waals surface area (Å²) < 4.78 is 26.4. The minimum absolute atomic E-state index is 0.137. The smallest absolute Gasteiger partial charge is 0.404 e. The summed E-state index contributed by atoms with van der Waals surface area (Å²) in [5.74, 6) is 0. The number of nitro benzene ring substituents is 1. The highest BCUT2D eigenvalue weighted by molar-refractivity contribution is 7.89. The first kappa shape index (κ1) is 16.9. The number of hydrogen-bond acceptors (Lipinski definition) is 5. The zero-order valence-corrected chi connectivity index (χ0v) is 12.1. The number of sulfonamides is 1. The first-order valence-corrected chi connectivity index (χ1v) is 7.38. The van der Waals surface area contributed by atoms with Crippen molar-refractivity contribution < 1.29 is 23.2 Å². The second-order valence-corrected chi connectivity index (χ2v) is 6.11. The van der Waals surface area contributed by atoms with Gasteiger partial charge in [-0.3, -0.25) is 10.1 Å². The number of rotatable bonds is 6. The number of hydrogen-bond donors (Lipinski definition) is 3. The Morgan fingerprint density at radius 2 is 1.76 bits per heavy atom. The molecule has 1 aromatic carbocycles. The van der Waals surface area contributed by atoms with Crippen LogP contribution in [0.2, 0.25) is 0 Å². The van der Waals surface area contributed by atoms with Crippen molar-refractivity contribution in [1.82, 2.24) is 10.0 Å². The number of carbonyl (C=O) groups is 1. The molecule has 1 aromatic rings. The molecule has 2 unspecified atom stereocenters. The molecule has 0 saturated heterocycles. The molecule has 2 atom stereocenters. The summed E-state index contributed by atoms with van der Waals surface area (Å²) in [6.45, 7) is 3.01. The molecule has 0 fully saturated rings. The number of nitro groups is 1. The van der Waals surface area contributed by atoms with Gasteiger partial charge in [0.25, 0.3) is 5.69 Å². The molecule has 0 aromatic heterocycles. The fourth-order valence-corrected chi connectivity index (χ4v) is 2.81. The molecule has 116 valence electrons. The van der Waals surface area contributed by atoms with Crippen molar-refractivity contribution in [3.63, 3.8) is 0 Å². The Kier molecular flexibility index (Phi) is 5.22. The lowest BCUT2D eigenvalue weighted by molar-refractivity contribution is -0.384. The molecular weight excluding hydrogens is 302 g/mol. The Hall–Kier alpha value is -2.20. The summed E-state index contributed by atoms with van der Waals surface area (Å²) in [5, 5.41) is 21.2. The van der Waals surface area contributed by atoms with E-state index in [1.807, 2.05) is 0 Å². The van der Waals surface area contributed by atoms with Crippen LogP contribution in [0.1, 0.15) is 13.8 Å². The maximum absolute atomic E-state index is 12.1. The average Bonchev–Trinajstić information content (AvgIpc) is 2.37. The maximum atomic E-state index is 12.1. The molecule has 0 aliphatic rings. The van der Waals surface area contributed by atoms with Crippen molar-refractivity contribution in [3.05, 3.63) is 34.4 Å². The van der Waals surface area contributed by atoms with Gasteiger partial charge in [0.05, 0.1) is 9.82 Å². The lowest BCUT2D eigenvalue weighted by Gasteiger charge is -2.21. The fourth-order valence-electron chi connectivity index (χ4n) is 1.48. The highest BCUT2D eigenvalue weighted by atomic mass is 32.2. The summed E-state index contributed by atoms with van der Waals surface area (Å²) in [6, 6.07) is 3.05. The molecule has 1 rings (SSSR count). The van der Waals surface area contributed by atoms with Gasteiger partial charge in [-0.1, -0.05) is 0 Å². The van der Waals surface area contributed by atoms with Crippen LogP contribution in [-0.4, -0.2) is 36.6 Å². The predicted molar refractivity (Wildman–Crippen MR) is 73.5 cm³/mol. The minimum atomic E-state index is -3.89. The van der Waals surface area contributed by atoms with Crippen molar-refractivity contribution in [3.8, 4) is 0 Å². The van der Waals surface area contributed by atoms with Gasteiger partial charge < -0.3 is 10.4 Å². The van der Waals surface area contributed by atoms with Crippen LogP contribution >= 0.6 is 0 Å². The zero-order chi connectivity index (χ0) is 16.2. The number of nitrogens with one attached hydrogen (secondary N) is 2. The summed E-state index contributed by atoms with van der Waals surface area (Å²) in [5.41, 5.74) is -0.220. The van der Waals surface area contributed by atoms with Gasteiger partial charge in [0, 0.05) is 24.2 Å². The van der Waals surface area contributed by atoms with E-state index in [0.29, 0.717) is 0 Å². The van der Waals surface area contributed by atoms with Crippen LogP contribution in [0.5, 0.6) is 0 Å². The molecule has 3 N–H and O–H groups in total. The maximum Gasteiger partial charge on any atom is 0.404 e. The molecule has 0 heterocycles. The zero-order valence-electron chi connectivity index (χ0n) is 11.3. The minimum Gasteiger partial charge on any atom is -0.465 e. The first-order chi connectivity index (χ1) is 9.63. The number of amides is 1. The molecule has 0 spiro atoms. The van der Waals surface area contributed by atoms with Crippen LogP contribution in [0.3, 0.4) is 0 Å². The molecule has 0 saturated carbocycles. The molecule has 1 amide bonds. The van der Waals surface area contributed by atoms with Crippen LogP contribution in [0.15, 0.2) is 29.2 Å². The second kappa shape index (κ2) is 6.50. The van der Waals surface area contributed by atoms with E-state index in [1.54, 1.807) is 0 Å². The summed E-state index contributed by atoms with van der Waals surface area (Å²) >= 11 is 0. The molecule has 0 aliphatic carbocycles. The Morgan fingerprint density at radius 3 is 2.19 bits per heavy atom. The van der Waals surface area contributed by atoms with E-state index in [4.69, 9.17) is 5.11 Å². The third-order valence-electron chi connectivity index (χ3n) is 2.80. The SMILES string of the molecule is CC(NC(=O)O)C(C)NS(=O)(=O)c1ccc([N+](=O)[O-])cc1. The number of benzene rings is 1. The number of carboxylic acid groups (broad SMARTS) is 1. The van der Waals surface area contributed by atoms with Crippen LogP contribution in [0, 0.1) is 10.1 Å². The van der Waals surface area contributed by atoms with Gasteiger partial charge in [0.1, 0.15) is 0 Å². The van der Waals surface area contributed by atoms with E-state index < -0.39 is 33.1 Å². The highest BCUT2D eigenvalue weighted by Gasteiger charge is 2.22. The topological polar surface area (TPSA) is 139 Å².